The van der Waals surface area contributed by atoms with E-state index in [0.29, 0.717) is 11.3 Å². The average molecular weight is 224 g/mol. The lowest BCUT2D eigenvalue weighted by Crippen LogP contribution is -2.06. The molecule has 0 aromatic heterocycles. The van der Waals surface area contributed by atoms with Gasteiger partial charge in [-0.2, -0.15) is 0 Å². The number of allylic oxidation sites excluding steroid dienone is 1. The summed E-state index contributed by atoms with van der Waals surface area (Å²) in [6.45, 7) is 7.47. The molecule has 0 amide bonds. The highest BCUT2D eigenvalue weighted by Gasteiger charge is 2.13. The van der Waals surface area contributed by atoms with E-state index in [-0.39, 0.29) is 5.75 Å². The minimum absolute atomic E-state index is 0.144. The maximum atomic E-state index is 11.8. The summed E-state index contributed by atoms with van der Waals surface area (Å²) in [6, 6.07) is 6.94. The average Bonchev–Trinajstić information content (AvgIpc) is 2.16. The zero-order valence-corrected chi connectivity index (χ0v) is 9.97. The summed E-state index contributed by atoms with van der Waals surface area (Å²) < 4.78 is 23.6. The molecule has 0 fully saturated rings. The van der Waals surface area contributed by atoms with Crippen LogP contribution >= 0.6 is 0 Å². The van der Waals surface area contributed by atoms with Gasteiger partial charge in [0.2, 0.25) is 0 Å². The van der Waals surface area contributed by atoms with Crippen molar-refractivity contribution in [2.45, 2.75) is 25.2 Å². The molecule has 0 saturated heterocycles. The van der Waals surface area contributed by atoms with Gasteiger partial charge in [0.25, 0.3) is 0 Å². The van der Waals surface area contributed by atoms with Gasteiger partial charge >= 0.3 is 0 Å². The fraction of sp³-hybridized carbons (Fsp3) is 0.333. The van der Waals surface area contributed by atoms with Crippen LogP contribution in [0.3, 0.4) is 0 Å². The molecule has 82 valence electrons. The third-order valence-corrected chi connectivity index (χ3v) is 3.91. The molecule has 0 radical (unpaired) electrons. The van der Waals surface area contributed by atoms with Crippen LogP contribution in [0.15, 0.2) is 41.3 Å². The SMILES string of the molecule is C=C(C)CCS(=O)(=O)c1ccc(C)cc1. The lowest BCUT2D eigenvalue weighted by Gasteiger charge is -2.04. The Kier molecular flexibility index (Phi) is 3.69. The second kappa shape index (κ2) is 4.62. The van der Waals surface area contributed by atoms with Crippen LogP contribution in [0.2, 0.25) is 0 Å². The predicted octanol–water partition coefficient (Wildman–Crippen LogP) is 2.73. The lowest BCUT2D eigenvalue weighted by molar-refractivity contribution is 0.595. The summed E-state index contributed by atoms with van der Waals surface area (Å²) in [4.78, 5) is 0.398. The molecule has 1 aromatic carbocycles. The van der Waals surface area contributed by atoms with Gasteiger partial charge in [-0.15, -0.1) is 6.58 Å². The molecule has 0 bridgehead atoms. The molecule has 0 spiro atoms. The van der Waals surface area contributed by atoms with Gasteiger partial charge in [-0.05, 0) is 32.4 Å². The zero-order valence-electron chi connectivity index (χ0n) is 9.16. The minimum atomic E-state index is -3.13. The van der Waals surface area contributed by atoms with E-state index in [0.717, 1.165) is 11.1 Å². The first-order chi connectivity index (χ1) is 6.92. The second-order valence-electron chi connectivity index (χ2n) is 3.84. The summed E-state index contributed by atoms with van der Waals surface area (Å²) in [5.41, 5.74) is 1.96. The zero-order chi connectivity index (χ0) is 11.5. The first kappa shape index (κ1) is 12.0. The first-order valence-corrected chi connectivity index (χ1v) is 6.51. The Bertz CT molecular complexity index is 441. The Morgan fingerprint density at radius 1 is 1.27 bits per heavy atom. The molecule has 1 aromatic rings. The van der Waals surface area contributed by atoms with Gasteiger partial charge in [0.15, 0.2) is 9.84 Å². The van der Waals surface area contributed by atoms with Crippen LogP contribution in [0, 0.1) is 6.92 Å². The molecule has 0 saturated carbocycles. The van der Waals surface area contributed by atoms with E-state index in [2.05, 4.69) is 6.58 Å². The summed E-state index contributed by atoms with van der Waals surface area (Å²) in [5, 5.41) is 0. The van der Waals surface area contributed by atoms with Crippen molar-refractivity contribution in [2.24, 2.45) is 0 Å². The molecule has 0 heterocycles. The van der Waals surface area contributed by atoms with Crippen molar-refractivity contribution < 1.29 is 8.42 Å². The third kappa shape index (κ3) is 3.51. The van der Waals surface area contributed by atoms with Crippen LogP contribution in [0.1, 0.15) is 18.9 Å². The van der Waals surface area contributed by atoms with Crippen LogP contribution in [0.5, 0.6) is 0 Å². The molecule has 3 heteroatoms. The van der Waals surface area contributed by atoms with E-state index in [1.807, 2.05) is 26.0 Å². The Morgan fingerprint density at radius 3 is 2.27 bits per heavy atom. The van der Waals surface area contributed by atoms with E-state index in [4.69, 9.17) is 0 Å². The summed E-state index contributed by atoms with van der Waals surface area (Å²) >= 11 is 0. The molecule has 1 rings (SSSR count). The standard InChI is InChI=1S/C12H16O2S/c1-10(2)8-9-15(13,14)12-6-4-11(3)5-7-12/h4-7H,1,8-9H2,2-3H3. The lowest BCUT2D eigenvalue weighted by atomic mass is 10.2. The van der Waals surface area contributed by atoms with Crippen molar-refractivity contribution in [3.8, 4) is 0 Å². The van der Waals surface area contributed by atoms with Gasteiger partial charge in [-0.25, -0.2) is 8.42 Å². The van der Waals surface area contributed by atoms with Crippen LogP contribution in [0.4, 0.5) is 0 Å². The highest BCUT2D eigenvalue weighted by Crippen LogP contribution is 2.14. The predicted molar refractivity (Wildman–Crippen MR) is 62.7 cm³/mol. The quantitative estimate of drug-likeness (QED) is 0.737. The highest BCUT2D eigenvalue weighted by molar-refractivity contribution is 7.91. The molecule has 15 heavy (non-hydrogen) atoms. The topological polar surface area (TPSA) is 34.1 Å². The van der Waals surface area contributed by atoms with E-state index in [1.165, 1.54) is 0 Å². The molecule has 0 aliphatic carbocycles. The number of benzene rings is 1. The second-order valence-corrected chi connectivity index (χ2v) is 5.95. The molecule has 0 aliphatic rings. The Balaban J connectivity index is 2.87. The van der Waals surface area contributed by atoms with Crippen molar-refractivity contribution >= 4 is 9.84 Å². The van der Waals surface area contributed by atoms with E-state index in [1.54, 1.807) is 12.1 Å². The van der Waals surface area contributed by atoms with E-state index in [9.17, 15) is 8.42 Å². The van der Waals surface area contributed by atoms with Crippen molar-refractivity contribution in [1.82, 2.24) is 0 Å². The molecule has 0 unspecified atom stereocenters. The molecule has 0 atom stereocenters. The largest absolute Gasteiger partial charge is 0.224 e. The third-order valence-electron chi connectivity index (χ3n) is 2.18. The van der Waals surface area contributed by atoms with E-state index >= 15 is 0 Å². The molecule has 0 N–H and O–H groups in total. The fourth-order valence-electron chi connectivity index (χ4n) is 1.17. The maximum absolute atomic E-state index is 11.8. The smallest absolute Gasteiger partial charge is 0.178 e. The monoisotopic (exact) mass is 224 g/mol. The Morgan fingerprint density at radius 2 is 1.80 bits per heavy atom. The summed E-state index contributed by atoms with van der Waals surface area (Å²) in [7, 11) is -3.13. The molecule has 2 nitrogen and oxygen atoms in total. The molecular weight excluding hydrogens is 208 g/mol. The van der Waals surface area contributed by atoms with Crippen LogP contribution in [0.25, 0.3) is 0 Å². The van der Waals surface area contributed by atoms with E-state index < -0.39 is 9.84 Å². The fourth-order valence-corrected chi connectivity index (χ4v) is 2.58. The van der Waals surface area contributed by atoms with Crippen molar-refractivity contribution in [2.75, 3.05) is 5.75 Å². The van der Waals surface area contributed by atoms with Gasteiger partial charge in [0, 0.05) is 0 Å². The van der Waals surface area contributed by atoms with Crippen molar-refractivity contribution in [3.63, 3.8) is 0 Å². The summed E-state index contributed by atoms with van der Waals surface area (Å²) in [5.74, 6) is 0.144. The maximum Gasteiger partial charge on any atom is 0.178 e. The van der Waals surface area contributed by atoms with Gasteiger partial charge in [0.1, 0.15) is 0 Å². The molecular formula is C12H16O2S. The van der Waals surface area contributed by atoms with Crippen molar-refractivity contribution in [1.29, 1.82) is 0 Å². The summed E-state index contributed by atoms with van der Waals surface area (Å²) in [6.07, 6.45) is 0.524. The van der Waals surface area contributed by atoms with Crippen LogP contribution in [-0.4, -0.2) is 14.2 Å². The molecule has 0 aliphatic heterocycles. The van der Waals surface area contributed by atoms with Gasteiger partial charge in [0.05, 0.1) is 10.6 Å². The van der Waals surface area contributed by atoms with Gasteiger partial charge in [-0.1, -0.05) is 23.3 Å². The number of sulfone groups is 1. The highest BCUT2D eigenvalue weighted by atomic mass is 32.2. The number of aryl methyl sites for hydroxylation is 1. The Labute approximate surface area is 91.6 Å². The number of rotatable bonds is 4. The van der Waals surface area contributed by atoms with Crippen LogP contribution in [-0.2, 0) is 9.84 Å². The minimum Gasteiger partial charge on any atom is -0.224 e. The normalized spacial score (nSPS) is 11.3. The number of hydrogen-bond donors (Lipinski definition) is 0. The Hall–Kier alpha value is -1.09. The van der Waals surface area contributed by atoms with Crippen molar-refractivity contribution in [3.05, 3.63) is 42.0 Å². The van der Waals surface area contributed by atoms with Gasteiger partial charge < -0.3 is 0 Å². The number of hydrogen-bond acceptors (Lipinski definition) is 2. The van der Waals surface area contributed by atoms with Crippen LogP contribution < -0.4 is 0 Å². The first-order valence-electron chi connectivity index (χ1n) is 4.85. The van der Waals surface area contributed by atoms with Gasteiger partial charge in [-0.3, -0.25) is 0 Å².